The fourth-order valence-corrected chi connectivity index (χ4v) is 16.7. The van der Waals surface area contributed by atoms with Crippen LogP contribution in [0.3, 0.4) is 0 Å². The monoisotopic (exact) mass is 980 g/mol. The minimum Gasteiger partial charge on any atom is -0.497 e. The van der Waals surface area contributed by atoms with Crippen molar-refractivity contribution < 1.29 is 37.5 Å². The van der Waals surface area contributed by atoms with Crippen molar-refractivity contribution in [2.75, 3.05) is 39.3 Å². The van der Waals surface area contributed by atoms with Crippen molar-refractivity contribution >= 4 is 38.7 Å². The largest absolute Gasteiger partial charge is 0.497 e. The minimum absolute atomic E-state index is 0.00958. The molecule has 364 valence electrons. The van der Waals surface area contributed by atoms with Crippen LogP contribution < -0.4 is 30.9 Å². The Hall–Kier alpha value is -5.54. The Morgan fingerprint density at radius 1 is 0.857 bits per heavy atom. The maximum atomic E-state index is 14.1. The molecule has 4 aliphatic rings. The van der Waals surface area contributed by atoms with Crippen LogP contribution in [-0.2, 0) is 33.7 Å². The number of nitrogens with zero attached hydrogens (tertiary/aromatic N) is 3. The molecule has 6 aromatic rings. The fraction of sp³-hybridized carbons (Fsp3) is 0.364. The van der Waals surface area contributed by atoms with Gasteiger partial charge in [0.05, 0.1) is 33.5 Å². The summed E-state index contributed by atoms with van der Waals surface area (Å²) in [5.41, 5.74) is 0.179. The van der Waals surface area contributed by atoms with Crippen molar-refractivity contribution in [3.05, 3.63) is 178 Å². The highest BCUT2D eigenvalue weighted by atomic mass is 31.2. The van der Waals surface area contributed by atoms with E-state index in [-0.39, 0.29) is 43.0 Å². The number of anilines is 1. The average Bonchev–Trinajstić information content (AvgIpc) is 4.17. The molecule has 0 unspecified atom stereocenters. The van der Waals surface area contributed by atoms with E-state index in [1.807, 2.05) is 73.7 Å². The van der Waals surface area contributed by atoms with E-state index in [0.717, 1.165) is 42.1 Å². The van der Waals surface area contributed by atoms with E-state index in [4.69, 9.17) is 32.7 Å². The van der Waals surface area contributed by atoms with Gasteiger partial charge in [0.25, 0.3) is 8.53 Å². The van der Waals surface area contributed by atoms with Crippen LogP contribution in [0, 0.1) is 12.8 Å². The number of rotatable bonds is 17. The second kappa shape index (κ2) is 19.9. The number of aromatic nitrogens is 2. The highest BCUT2D eigenvalue weighted by Gasteiger charge is 2.66. The van der Waals surface area contributed by atoms with Gasteiger partial charge in [0, 0.05) is 30.3 Å². The van der Waals surface area contributed by atoms with E-state index in [0.29, 0.717) is 17.1 Å². The van der Waals surface area contributed by atoms with Crippen molar-refractivity contribution in [3.8, 4) is 11.5 Å². The molecule has 1 N–H and O–H groups in total. The molecular weight excluding hydrogens is 920 g/mol. The first kappa shape index (κ1) is 48.1. The lowest BCUT2D eigenvalue weighted by Crippen LogP contribution is -2.58. The predicted molar refractivity (Wildman–Crippen MR) is 273 cm³/mol. The minimum atomic E-state index is -2.31. The van der Waals surface area contributed by atoms with Crippen LogP contribution in [-0.4, -0.2) is 92.1 Å². The van der Waals surface area contributed by atoms with Crippen molar-refractivity contribution in [1.29, 1.82) is 0 Å². The number of methoxy groups -OCH3 is 2. The summed E-state index contributed by atoms with van der Waals surface area (Å²) < 4.78 is 51.4. The van der Waals surface area contributed by atoms with E-state index in [2.05, 4.69) is 94.3 Å². The molecule has 0 radical (unpaired) electrons. The van der Waals surface area contributed by atoms with Crippen LogP contribution in [0.25, 0.3) is 0 Å². The average molecular weight is 981 g/mol. The summed E-state index contributed by atoms with van der Waals surface area (Å²) >= 11 is 0. The van der Waals surface area contributed by atoms with Gasteiger partial charge in [0.15, 0.2) is 6.23 Å². The standard InChI is InChI=1S/C55H61N4O9PSi/c1-37(2)51(60)56-50-38(3)33-58(53(61)57-50)52-48-49(68-69-59-32-16-23-46(59)47(67-69)34-70(6,44-19-12-8-13-20-44)45-21-14-9-15-22-45)54(66-52,35-64-48)36-65-55(39-17-10-7-11-18-39,40-24-28-42(62-4)29-25-40)41-26-30-43(63-5)31-27-41/h7-15,17-22,24-31,33,37,46-49,52H,16,23,32,34-36H2,1-6H3,(H,56,57,60,61)/t46-,47+,48-,49+,52-,54-,69-/m1/s1. The number of carbonyl (C=O) groups excluding carboxylic acids is 1. The maximum Gasteiger partial charge on any atom is 0.351 e. The molecule has 2 bridgehead atoms. The zero-order valence-electron chi connectivity index (χ0n) is 40.5. The molecule has 7 atom stereocenters. The molecule has 13 nitrogen and oxygen atoms in total. The van der Waals surface area contributed by atoms with Crippen molar-refractivity contribution in [2.24, 2.45) is 5.92 Å². The number of benzene rings is 5. The van der Waals surface area contributed by atoms with Gasteiger partial charge in [-0.25, -0.2) is 9.46 Å². The number of amides is 1. The fourth-order valence-electron chi connectivity index (χ4n) is 10.7. The van der Waals surface area contributed by atoms with Gasteiger partial charge in [0.1, 0.15) is 48.8 Å². The normalized spacial score (nSPS) is 24.2. The number of carbonyl (C=O) groups is 1. The second-order valence-corrected chi connectivity index (χ2v) is 24.9. The zero-order chi connectivity index (χ0) is 48.6. The van der Waals surface area contributed by atoms with Crippen LogP contribution in [0.15, 0.2) is 151 Å². The highest BCUT2D eigenvalue weighted by Crippen LogP contribution is 2.61. The van der Waals surface area contributed by atoms with Gasteiger partial charge in [-0.1, -0.05) is 146 Å². The number of ether oxygens (including phenoxy) is 5. The number of aryl methyl sites for hydroxylation is 1. The molecule has 4 fully saturated rings. The third-order valence-electron chi connectivity index (χ3n) is 14.6. The smallest absolute Gasteiger partial charge is 0.351 e. The lowest BCUT2D eigenvalue weighted by molar-refractivity contribution is -0.203. The van der Waals surface area contributed by atoms with Crippen LogP contribution in [0.5, 0.6) is 11.5 Å². The van der Waals surface area contributed by atoms with E-state index in [1.54, 1.807) is 34.3 Å². The quantitative estimate of drug-likeness (QED) is 0.0539. The zero-order valence-corrected chi connectivity index (χ0v) is 42.4. The lowest BCUT2D eigenvalue weighted by atomic mass is 9.79. The second-order valence-electron chi connectivity index (χ2n) is 19.3. The Morgan fingerprint density at radius 2 is 1.43 bits per heavy atom. The van der Waals surface area contributed by atoms with Crippen LogP contribution >= 0.6 is 8.53 Å². The van der Waals surface area contributed by atoms with Gasteiger partial charge in [-0.2, -0.15) is 4.98 Å². The van der Waals surface area contributed by atoms with Crippen LogP contribution in [0.2, 0.25) is 12.6 Å². The molecule has 4 aliphatic heterocycles. The summed E-state index contributed by atoms with van der Waals surface area (Å²) in [5, 5.41) is 5.54. The molecule has 1 amide bonds. The first-order chi connectivity index (χ1) is 34.0. The summed E-state index contributed by atoms with van der Waals surface area (Å²) in [6, 6.07) is 48.8. The van der Waals surface area contributed by atoms with Crippen molar-refractivity contribution in [3.63, 3.8) is 0 Å². The Kier molecular flexibility index (Phi) is 13.7. The molecule has 1 aromatic heterocycles. The third kappa shape index (κ3) is 8.83. The molecular formula is C55H61N4O9PSi. The first-order valence-electron chi connectivity index (χ1n) is 24.2. The number of hydrogen-bond acceptors (Lipinski definition) is 11. The molecule has 15 heteroatoms. The van der Waals surface area contributed by atoms with Crippen LogP contribution in [0.1, 0.15) is 55.2 Å². The van der Waals surface area contributed by atoms with Crippen molar-refractivity contribution in [1.82, 2.24) is 14.2 Å². The summed E-state index contributed by atoms with van der Waals surface area (Å²) in [4.78, 5) is 31.3. The van der Waals surface area contributed by atoms with Gasteiger partial charge in [-0.15, -0.1) is 0 Å². The van der Waals surface area contributed by atoms with Crippen LogP contribution in [0.4, 0.5) is 5.82 Å². The summed E-state index contributed by atoms with van der Waals surface area (Å²) in [6.45, 7) is 8.80. The summed E-state index contributed by atoms with van der Waals surface area (Å²) in [6.07, 6.45) is 1.21. The maximum absolute atomic E-state index is 14.1. The molecule has 0 saturated carbocycles. The SMILES string of the molecule is COc1ccc(C(OC[C@@]23CO[C@@H]([C@H](n4cc(C)c(NC(=O)C(C)C)nc4=O)O2)[C@@H]3O[P@@]2O[C@@H](C[Si](C)(c3ccccc3)c3ccccc3)[C@H]3CCCN32)(c2ccccc2)c2ccc(OC)cc2)cc1. The molecule has 5 heterocycles. The molecule has 0 aliphatic carbocycles. The highest BCUT2D eigenvalue weighted by molar-refractivity contribution is 7.45. The summed E-state index contributed by atoms with van der Waals surface area (Å²) in [7, 11) is -0.631. The van der Waals surface area contributed by atoms with E-state index < -0.39 is 51.9 Å². The topological polar surface area (TPSA) is 132 Å². The van der Waals surface area contributed by atoms with Gasteiger partial charge in [-0.05, 0) is 66.8 Å². The third-order valence-corrected chi connectivity index (χ3v) is 20.8. The predicted octanol–water partition coefficient (Wildman–Crippen LogP) is 8.21. The number of fused-ring (bicyclic) bond motifs is 3. The molecule has 0 spiro atoms. The Bertz CT molecular complexity index is 2740. The van der Waals surface area contributed by atoms with Gasteiger partial charge in [0.2, 0.25) is 5.91 Å². The Labute approximate surface area is 412 Å². The van der Waals surface area contributed by atoms with Gasteiger partial charge in [-0.3, -0.25) is 9.36 Å². The molecule has 10 rings (SSSR count). The Morgan fingerprint density at radius 3 is 2.00 bits per heavy atom. The van der Waals surface area contributed by atoms with Crippen molar-refractivity contribution in [2.45, 2.75) is 88.0 Å². The Balaban J connectivity index is 1.04. The van der Waals surface area contributed by atoms with Gasteiger partial charge >= 0.3 is 5.69 Å². The molecule has 5 aromatic carbocycles. The number of nitrogens with one attached hydrogen (secondary N) is 1. The van der Waals surface area contributed by atoms with E-state index in [1.165, 1.54) is 14.9 Å². The number of hydrogen-bond donors (Lipinski definition) is 1. The molecule has 4 saturated heterocycles. The summed E-state index contributed by atoms with van der Waals surface area (Å²) in [5.74, 6) is 1.08. The lowest BCUT2D eigenvalue weighted by Gasteiger charge is -2.40. The first-order valence-corrected chi connectivity index (χ1v) is 28.0. The van der Waals surface area contributed by atoms with E-state index >= 15 is 0 Å². The molecule has 70 heavy (non-hydrogen) atoms. The van der Waals surface area contributed by atoms with Gasteiger partial charge < -0.3 is 38.0 Å². The van der Waals surface area contributed by atoms with E-state index in [9.17, 15) is 9.59 Å².